The molecule has 1 nitrogen and oxygen atoms in total. The third kappa shape index (κ3) is 0.870. The zero-order valence-electron chi connectivity index (χ0n) is 5.56. The zero-order chi connectivity index (χ0) is 6.48. The Morgan fingerprint density at radius 2 is 2.33 bits per heavy atom. The first-order valence-electron chi connectivity index (χ1n) is 3.57. The molecule has 1 aliphatic carbocycles. The maximum Gasteiger partial charge on any atom is 0.168 e. The van der Waals surface area contributed by atoms with Crippen LogP contribution in [0.25, 0.3) is 0 Å². The standard InChI is InChI=1S/C7H11ClO/c1-5-2-3-6-7(8,4-5)9-6/h5-6H,2-4H2,1H3. The smallest absolute Gasteiger partial charge is 0.168 e. The minimum atomic E-state index is -0.211. The first-order chi connectivity index (χ1) is 4.21. The van der Waals surface area contributed by atoms with Crippen molar-refractivity contribution in [2.24, 2.45) is 5.92 Å². The van der Waals surface area contributed by atoms with Crippen LogP contribution in [-0.2, 0) is 4.74 Å². The molecule has 1 saturated heterocycles. The number of epoxide rings is 1. The molecule has 2 aliphatic rings. The van der Waals surface area contributed by atoms with E-state index < -0.39 is 0 Å². The van der Waals surface area contributed by atoms with Crippen molar-refractivity contribution < 1.29 is 4.74 Å². The molecule has 0 radical (unpaired) electrons. The predicted octanol–water partition coefficient (Wildman–Crippen LogP) is 2.14. The second-order valence-corrected chi connectivity index (χ2v) is 3.92. The van der Waals surface area contributed by atoms with Crippen molar-refractivity contribution in [2.75, 3.05) is 0 Å². The van der Waals surface area contributed by atoms with E-state index in [1.807, 2.05) is 0 Å². The van der Waals surface area contributed by atoms with E-state index in [4.69, 9.17) is 16.3 Å². The summed E-state index contributed by atoms with van der Waals surface area (Å²) < 4.78 is 5.30. The Labute approximate surface area is 60.3 Å². The Morgan fingerprint density at radius 1 is 1.56 bits per heavy atom. The number of hydrogen-bond acceptors (Lipinski definition) is 1. The number of rotatable bonds is 0. The van der Waals surface area contributed by atoms with Gasteiger partial charge in [-0.25, -0.2) is 0 Å². The van der Waals surface area contributed by atoms with Gasteiger partial charge in [0.05, 0.1) is 0 Å². The van der Waals surface area contributed by atoms with Crippen LogP contribution in [-0.4, -0.2) is 11.2 Å². The zero-order valence-corrected chi connectivity index (χ0v) is 6.32. The maximum absolute atomic E-state index is 6.02. The lowest BCUT2D eigenvalue weighted by molar-refractivity contribution is 0.339. The van der Waals surface area contributed by atoms with Gasteiger partial charge >= 0.3 is 0 Å². The van der Waals surface area contributed by atoms with Crippen LogP contribution < -0.4 is 0 Å². The van der Waals surface area contributed by atoms with Gasteiger partial charge < -0.3 is 4.74 Å². The van der Waals surface area contributed by atoms with Gasteiger partial charge in [-0.15, -0.1) is 0 Å². The quantitative estimate of drug-likeness (QED) is 0.377. The summed E-state index contributed by atoms with van der Waals surface area (Å²) in [5, 5.41) is -0.211. The molecule has 2 rings (SSSR count). The van der Waals surface area contributed by atoms with Crippen LogP contribution in [0, 0.1) is 5.92 Å². The van der Waals surface area contributed by atoms with E-state index >= 15 is 0 Å². The highest BCUT2D eigenvalue weighted by Crippen LogP contribution is 2.52. The molecule has 0 spiro atoms. The lowest BCUT2D eigenvalue weighted by Gasteiger charge is -2.16. The van der Waals surface area contributed by atoms with Crippen LogP contribution in [0.5, 0.6) is 0 Å². The van der Waals surface area contributed by atoms with Crippen molar-refractivity contribution in [3.8, 4) is 0 Å². The van der Waals surface area contributed by atoms with E-state index in [9.17, 15) is 0 Å². The third-order valence-electron chi connectivity index (χ3n) is 2.31. The topological polar surface area (TPSA) is 12.5 Å². The Bertz CT molecular complexity index is 137. The van der Waals surface area contributed by atoms with E-state index in [2.05, 4.69) is 6.92 Å². The molecule has 52 valence electrons. The molecule has 0 aromatic carbocycles. The van der Waals surface area contributed by atoms with Crippen LogP contribution in [0.3, 0.4) is 0 Å². The Kier molecular flexibility index (Phi) is 1.09. The Morgan fingerprint density at radius 3 is 2.89 bits per heavy atom. The monoisotopic (exact) mass is 146 g/mol. The second kappa shape index (κ2) is 1.64. The SMILES string of the molecule is CC1CCC2OC2(Cl)C1. The third-order valence-corrected chi connectivity index (χ3v) is 2.80. The van der Waals surface area contributed by atoms with Gasteiger partial charge in [0.2, 0.25) is 0 Å². The summed E-state index contributed by atoms with van der Waals surface area (Å²) >= 11 is 6.02. The summed E-state index contributed by atoms with van der Waals surface area (Å²) in [7, 11) is 0. The number of hydrogen-bond donors (Lipinski definition) is 0. The molecule has 0 N–H and O–H groups in total. The van der Waals surface area contributed by atoms with E-state index in [1.165, 1.54) is 12.8 Å². The van der Waals surface area contributed by atoms with Gasteiger partial charge in [-0.05, 0) is 25.2 Å². The van der Waals surface area contributed by atoms with Crippen molar-refractivity contribution in [1.29, 1.82) is 0 Å². The summed E-state index contributed by atoms with van der Waals surface area (Å²) in [6.45, 7) is 2.24. The van der Waals surface area contributed by atoms with Crippen molar-refractivity contribution in [1.82, 2.24) is 0 Å². The molecule has 0 amide bonds. The molecule has 3 unspecified atom stereocenters. The van der Waals surface area contributed by atoms with Crippen molar-refractivity contribution >= 4 is 11.6 Å². The molecule has 1 saturated carbocycles. The van der Waals surface area contributed by atoms with Crippen molar-refractivity contribution in [3.63, 3.8) is 0 Å². The summed E-state index contributed by atoms with van der Waals surface area (Å²) in [5.41, 5.74) is 0. The Balaban J connectivity index is 2.03. The van der Waals surface area contributed by atoms with E-state index in [0.717, 1.165) is 12.3 Å². The molecule has 9 heavy (non-hydrogen) atoms. The lowest BCUT2D eigenvalue weighted by Crippen LogP contribution is -2.17. The van der Waals surface area contributed by atoms with Crippen molar-refractivity contribution in [3.05, 3.63) is 0 Å². The highest BCUT2D eigenvalue weighted by molar-refractivity contribution is 6.25. The Hall–Kier alpha value is 0.250. The van der Waals surface area contributed by atoms with Crippen molar-refractivity contribution in [2.45, 2.75) is 37.4 Å². The normalized spacial score (nSPS) is 56.7. The van der Waals surface area contributed by atoms with E-state index in [1.54, 1.807) is 0 Å². The molecular weight excluding hydrogens is 136 g/mol. The van der Waals surface area contributed by atoms with Crippen LogP contribution in [0.4, 0.5) is 0 Å². The molecule has 0 bridgehead atoms. The second-order valence-electron chi connectivity index (χ2n) is 3.28. The molecule has 3 atom stereocenters. The fourth-order valence-electron chi connectivity index (χ4n) is 1.67. The largest absolute Gasteiger partial charge is 0.349 e. The van der Waals surface area contributed by atoms with Gasteiger partial charge in [-0.1, -0.05) is 18.5 Å². The minimum Gasteiger partial charge on any atom is -0.349 e. The number of fused-ring (bicyclic) bond motifs is 1. The molecule has 1 aliphatic heterocycles. The number of ether oxygens (including phenoxy) is 1. The lowest BCUT2D eigenvalue weighted by atomic mass is 9.91. The van der Waals surface area contributed by atoms with Gasteiger partial charge in [0.25, 0.3) is 0 Å². The van der Waals surface area contributed by atoms with Gasteiger partial charge in [0.1, 0.15) is 6.10 Å². The van der Waals surface area contributed by atoms with Gasteiger partial charge in [0.15, 0.2) is 5.06 Å². The molecule has 1 heterocycles. The number of halogens is 1. The minimum absolute atomic E-state index is 0.211. The highest BCUT2D eigenvalue weighted by Gasteiger charge is 2.57. The fraction of sp³-hybridized carbons (Fsp3) is 1.00. The van der Waals surface area contributed by atoms with Gasteiger partial charge in [-0.2, -0.15) is 0 Å². The maximum atomic E-state index is 6.02. The van der Waals surface area contributed by atoms with Crippen LogP contribution in [0.15, 0.2) is 0 Å². The van der Waals surface area contributed by atoms with Crippen LogP contribution in [0.1, 0.15) is 26.2 Å². The molecule has 0 aromatic heterocycles. The highest BCUT2D eigenvalue weighted by atomic mass is 35.5. The summed E-state index contributed by atoms with van der Waals surface area (Å²) in [5.74, 6) is 0.765. The fourth-order valence-corrected chi connectivity index (χ4v) is 2.15. The first kappa shape index (κ1) is 5.99. The molecule has 2 fully saturated rings. The summed E-state index contributed by atoms with van der Waals surface area (Å²) in [4.78, 5) is 0. The predicted molar refractivity (Wildman–Crippen MR) is 36.5 cm³/mol. The first-order valence-corrected chi connectivity index (χ1v) is 3.95. The van der Waals surface area contributed by atoms with E-state index in [0.29, 0.717) is 6.10 Å². The summed E-state index contributed by atoms with van der Waals surface area (Å²) in [6, 6.07) is 0. The van der Waals surface area contributed by atoms with E-state index in [-0.39, 0.29) is 5.06 Å². The average Bonchev–Trinajstić information content (AvgIpc) is 2.38. The molecular formula is C7H11ClO. The summed E-state index contributed by atoms with van der Waals surface area (Å²) in [6.07, 6.45) is 3.92. The van der Waals surface area contributed by atoms with Gasteiger partial charge in [0, 0.05) is 0 Å². The molecule has 2 heteroatoms. The van der Waals surface area contributed by atoms with Gasteiger partial charge in [-0.3, -0.25) is 0 Å². The average molecular weight is 147 g/mol. The molecule has 0 aromatic rings. The van der Waals surface area contributed by atoms with Crippen LogP contribution in [0.2, 0.25) is 0 Å². The van der Waals surface area contributed by atoms with Crippen LogP contribution >= 0.6 is 11.6 Å². The number of alkyl halides is 1.